The van der Waals surface area contributed by atoms with E-state index in [1.54, 1.807) is 32.2 Å². The molecule has 27 heavy (non-hydrogen) atoms. The van der Waals surface area contributed by atoms with Gasteiger partial charge in [-0.25, -0.2) is 8.42 Å². The molecule has 1 amide bonds. The maximum Gasteiger partial charge on any atom is 0.255 e. The van der Waals surface area contributed by atoms with Crippen LogP contribution in [0.5, 0.6) is 5.75 Å². The highest BCUT2D eigenvalue weighted by atomic mass is 32.2. The van der Waals surface area contributed by atoms with Gasteiger partial charge in [-0.3, -0.25) is 9.48 Å². The van der Waals surface area contributed by atoms with E-state index >= 15 is 0 Å². The van der Waals surface area contributed by atoms with Crippen LogP contribution >= 0.6 is 0 Å². The lowest BCUT2D eigenvalue weighted by Crippen LogP contribution is -2.54. The molecule has 1 N–H and O–H groups in total. The van der Waals surface area contributed by atoms with Gasteiger partial charge >= 0.3 is 0 Å². The predicted octanol–water partition coefficient (Wildman–Crippen LogP) is 1.07. The molecule has 0 aliphatic carbocycles. The lowest BCUT2D eigenvalue weighted by Gasteiger charge is -2.40. The number of fused-ring (bicyclic) bond motifs is 1. The van der Waals surface area contributed by atoms with Gasteiger partial charge in [-0.05, 0) is 19.1 Å². The highest BCUT2D eigenvalue weighted by Gasteiger charge is 2.43. The second-order valence-corrected chi connectivity index (χ2v) is 9.03. The molecular weight excluding hydrogens is 368 g/mol. The molecule has 2 aromatic rings. The average Bonchev–Trinajstić information content (AvgIpc) is 2.93. The molecule has 2 aliphatic heterocycles. The summed E-state index contributed by atoms with van der Waals surface area (Å²) < 4.78 is 35.2. The first kappa shape index (κ1) is 18.0. The Balaban J connectivity index is 1.55. The molecule has 0 radical (unpaired) electrons. The smallest absolute Gasteiger partial charge is 0.255 e. The number of sulfonamides is 1. The molecule has 0 saturated carbocycles. The minimum Gasteiger partial charge on any atom is -0.485 e. The molecule has 1 saturated heterocycles. The first-order valence-electron chi connectivity index (χ1n) is 8.87. The van der Waals surface area contributed by atoms with E-state index in [1.165, 1.54) is 15.2 Å². The van der Waals surface area contributed by atoms with Gasteiger partial charge in [-0.1, -0.05) is 12.1 Å². The second-order valence-electron chi connectivity index (χ2n) is 7.12. The molecule has 1 fully saturated rings. The quantitative estimate of drug-likeness (QED) is 0.828. The maximum atomic E-state index is 13.0. The maximum absolute atomic E-state index is 13.0. The molecule has 0 unspecified atom stereocenters. The fourth-order valence-electron chi connectivity index (χ4n) is 3.73. The third kappa shape index (κ3) is 3.10. The number of piperidine rings is 1. The fourth-order valence-corrected chi connectivity index (χ4v) is 5.37. The molecule has 4 rings (SSSR count). The third-order valence-electron chi connectivity index (χ3n) is 5.25. The van der Waals surface area contributed by atoms with Crippen molar-refractivity contribution in [1.82, 2.24) is 19.4 Å². The van der Waals surface area contributed by atoms with Crippen LogP contribution in [0, 0.1) is 6.92 Å². The Kier molecular flexibility index (Phi) is 4.23. The lowest BCUT2D eigenvalue weighted by atomic mass is 9.92. The normalized spacial score (nSPS) is 19.9. The lowest BCUT2D eigenvalue weighted by molar-refractivity contribution is 0.0246. The van der Waals surface area contributed by atoms with Gasteiger partial charge in [0.05, 0.1) is 17.8 Å². The van der Waals surface area contributed by atoms with Crippen molar-refractivity contribution in [2.45, 2.75) is 30.3 Å². The molecule has 8 nitrogen and oxygen atoms in total. The predicted molar refractivity (Wildman–Crippen MR) is 98.1 cm³/mol. The summed E-state index contributed by atoms with van der Waals surface area (Å²) in [6.07, 6.45) is 2.54. The first-order chi connectivity index (χ1) is 12.8. The Morgan fingerprint density at radius 2 is 1.93 bits per heavy atom. The van der Waals surface area contributed by atoms with Gasteiger partial charge < -0.3 is 10.1 Å². The number of hydrogen-bond acceptors (Lipinski definition) is 5. The van der Waals surface area contributed by atoms with Gasteiger partial charge in [-0.15, -0.1) is 0 Å². The number of para-hydroxylation sites is 1. The molecule has 2 aliphatic rings. The number of rotatable bonds is 2. The van der Waals surface area contributed by atoms with E-state index in [0.717, 1.165) is 0 Å². The fraction of sp³-hybridized carbons (Fsp3) is 0.444. The Bertz CT molecular complexity index is 991. The number of aryl methyl sites for hydroxylation is 2. The van der Waals surface area contributed by atoms with E-state index in [4.69, 9.17) is 4.74 Å². The number of nitrogens with zero attached hydrogens (tertiary/aromatic N) is 3. The van der Waals surface area contributed by atoms with Gasteiger partial charge in [-0.2, -0.15) is 9.40 Å². The topological polar surface area (TPSA) is 93.5 Å². The van der Waals surface area contributed by atoms with Gasteiger partial charge in [0.2, 0.25) is 10.0 Å². The number of amides is 1. The van der Waals surface area contributed by atoms with E-state index < -0.39 is 15.6 Å². The standard InChI is InChI=1S/C18H22N4O4S/c1-13-16(11-21(2)20-13)27(24,25)22-9-7-18(8-10-22)12-19-17(23)14-5-3-4-6-15(14)26-18/h3-6,11H,7-10,12H2,1-2H3,(H,19,23). The molecule has 0 atom stereocenters. The van der Waals surface area contributed by atoms with Crippen LogP contribution in [0.3, 0.4) is 0 Å². The highest BCUT2D eigenvalue weighted by Crippen LogP contribution is 2.34. The van der Waals surface area contributed by atoms with Crippen LogP contribution in [0.4, 0.5) is 0 Å². The van der Waals surface area contributed by atoms with Crippen LogP contribution in [0.25, 0.3) is 0 Å². The molecule has 9 heteroatoms. The summed E-state index contributed by atoms with van der Waals surface area (Å²) >= 11 is 0. The van der Waals surface area contributed by atoms with E-state index in [9.17, 15) is 13.2 Å². The molecule has 1 aromatic heterocycles. The summed E-state index contributed by atoms with van der Waals surface area (Å²) in [5, 5.41) is 7.05. The van der Waals surface area contributed by atoms with Crippen LogP contribution in [-0.2, 0) is 17.1 Å². The minimum atomic E-state index is -3.60. The van der Waals surface area contributed by atoms with E-state index in [-0.39, 0.29) is 10.8 Å². The van der Waals surface area contributed by atoms with Crippen LogP contribution in [0.2, 0.25) is 0 Å². The van der Waals surface area contributed by atoms with Crippen molar-refractivity contribution in [2.24, 2.45) is 7.05 Å². The zero-order valence-corrected chi connectivity index (χ0v) is 16.1. The summed E-state index contributed by atoms with van der Waals surface area (Å²) in [6, 6.07) is 7.14. The molecule has 1 aromatic carbocycles. The van der Waals surface area contributed by atoms with Crippen molar-refractivity contribution in [1.29, 1.82) is 0 Å². The van der Waals surface area contributed by atoms with Crippen molar-refractivity contribution >= 4 is 15.9 Å². The van der Waals surface area contributed by atoms with Gasteiger partial charge in [0.15, 0.2) is 0 Å². The van der Waals surface area contributed by atoms with Crippen LogP contribution in [0.15, 0.2) is 35.4 Å². The Hall–Kier alpha value is -2.39. The Labute approximate surface area is 158 Å². The summed E-state index contributed by atoms with van der Waals surface area (Å²) in [5.41, 5.74) is 0.401. The summed E-state index contributed by atoms with van der Waals surface area (Å²) in [6.45, 7) is 2.71. The van der Waals surface area contributed by atoms with Crippen molar-refractivity contribution in [3.8, 4) is 5.75 Å². The van der Waals surface area contributed by atoms with Gasteiger partial charge in [0, 0.05) is 39.2 Å². The number of aromatic nitrogens is 2. The van der Waals surface area contributed by atoms with Crippen molar-refractivity contribution < 1.29 is 17.9 Å². The van der Waals surface area contributed by atoms with Crippen LogP contribution < -0.4 is 10.1 Å². The largest absolute Gasteiger partial charge is 0.485 e. The summed E-state index contributed by atoms with van der Waals surface area (Å²) in [5.74, 6) is 0.385. The molecule has 1 spiro atoms. The first-order valence-corrected chi connectivity index (χ1v) is 10.3. The molecular formula is C18H22N4O4S. The molecule has 0 bridgehead atoms. The van der Waals surface area contributed by atoms with E-state index in [0.29, 0.717) is 49.5 Å². The van der Waals surface area contributed by atoms with Crippen molar-refractivity contribution in [3.05, 3.63) is 41.7 Å². The monoisotopic (exact) mass is 390 g/mol. The average molecular weight is 390 g/mol. The number of nitrogens with one attached hydrogen (secondary N) is 1. The second kappa shape index (κ2) is 6.35. The van der Waals surface area contributed by atoms with E-state index in [2.05, 4.69) is 10.4 Å². The third-order valence-corrected chi connectivity index (χ3v) is 7.25. The number of ether oxygens (including phenoxy) is 1. The number of hydrogen-bond donors (Lipinski definition) is 1. The van der Waals surface area contributed by atoms with Crippen LogP contribution in [-0.4, -0.2) is 53.6 Å². The number of benzene rings is 1. The van der Waals surface area contributed by atoms with Gasteiger partial charge in [0.1, 0.15) is 16.2 Å². The van der Waals surface area contributed by atoms with Gasteiger partial charge in [0.25, 0.3) is 5.91 Å². The summed E-state index contributed by atoms with van der Waals surface area (Å²) in [4.78, 5) is 12.5. The number of carbonyl (C=O) groups is 1. The van der Waals surface area contributed by atoms with Crippen molar-refractivity contribution in [2.75, 3.05) is 19.6 Å². The van der Waals surface area contributed by atoms with E-state index in [1.807, 2.05) is 6.07 Å². The zero-order valence-electron chi connectivity index (χ0n) is 15.3. The molecule has 3 heterocycles. The van der Waals surface area contributed by atoms with Crippen LogP contribution in [0.1, 0.15) is 28.9 Å². The Morgan fingerprint density at radius 1 is 1.22 bits per heavy atom. The Morgan fingerprint density at radius 3 is 2.59 bits per heavy atom. The molecule has 144 valence electrons. The highest BCUT2D eigenvalue weighted by molar-refractivity contribution is 7.89. The minimum absolute atomic E-state index is 0.163. The SMILES string of the molecule is Cc1nn(C)cc1S(=O)(=O)N1CCC2(CC1)CNC(=O)c1ccccc1O2. The number of carbonyl (C=O) groups excluding carboxylic acids is 1. The zero-order chi connectivity index (χ0) is 19.2. The summed E-state index contributed by atoms with van der Waals surface area (Å²) in [7, 11) is -1.90. The van der Waals surface area contributed by atoms with Crippen molar-refractivity contribution in [3.63, 3.8) is 0 Å².